The smallest absolute Gasteiger partial charge is 0.410 e. The molecule has 0 saturated carbocycles. The number of ether oxygens (including phenoxy) is 2. The molecule has 2 aliphatic rings. The summed E-state index contributed by atoms with van der Waals surface area (Å²) >= 11 is 0. The molecule has 0 unspecified atom stereocenters. The third-order valence-corrected chi connectivity index (χ3v) is 6.40. The molecule has 6 heteroatoms. The highest BCUT2D eigenvalue weighted by molar-refractivity contribution is 5.74. The van der Waals surface area contributed by atoms with Crippen molar-refractivity contribution < 1.29 is 19.1 Å². The number of rotatable bonds is 5. The van der Waals surface area contributed by atoms with Crippen molar-refractivity contribution in [1.82, 2.24) is 10.2 Å². The molecule has 2 aliphatic heterocycles. The molecule has 1 aromatic carbocycles. The molecule has 1 aromatic rings. The van der Waals surface area contributed by atoms with Gasteiger partial charge in [0.1, 0.15) is 11.2 Å². The van der Waals surface area contributed by atoms with Crippen molar-refractivity contribution in [3.05, 3.63) is 35.4 Å². The lowest BCUT2D eigenvalue weighted by molar-refractivity contribution is -0.161. The van der Waals surface area contributed by atoms with Gasteiger partial charge in [0.05, 0.1) is 5.92 Å². The van der Waals surface area contributed by atoms with Gasteiger partial charge in [-0.25, -0.2) is 4.79 Å². The molecule has 0 spiro atoms. The van der Waals surface area contributed by atoms with Crippen LogP contribution in [0, 0.1) is 11.8 Å². The highest BCUT2D eigenvalue weighted by atomic mass is 16.6. The minimum absolute atomic E-state index is 0.0523. The summed E-state index contributed by atoms with van der Waals surface area (Å²) in [7, 11) is 0. The summed E-state index contributed by atoms with van der Waals surface area (Å²) in [4.78, 5) is 27.5. The Balaban J connectivity index is 1.71. The molecular formula is C27H42N2O4. The summed E-state index contributed by atoms with van der Waals surface area (Å²) < 4.78 is 11.3. The van der Waals surface area contributed by atoms with Crippen molar-refractivity contribution >= 4 is 12.1 Å². The molecule has 2 heterocycles. The van der Waals surface area contributed by atoms with Gasteiger partial charge in [-0.05, 0) is 103 Å². The Morgan fingerprint density at radius 2 is 1.58 bits per heavy atom. The van der Waals surface area contributed by atoms with Gasteiger partial charge in [0, 0.05) is 13.1 Å². The van der Waals surface area contributed by atoms with E-state index in [4.69, 9.17) is 9.47 Å². The van der Waals surface area contributed by atoms with Gasteiger partial charge in [-0.1, -0.05) is 24.3 Å². The van der Waals surface area contributed by atoms with E-state index in [-0.39, 0.29) is 23.9 Å². The van der Waals surface area contributed by atoms with Gasteiger partial charge in [-0.15, -0.1) is 0 Å². The van der Waals surface area contributed by atoms with Crippen LogP contribution >= 0.6 is 0 Å². The van der Waals surface area contributed by atoms with E-state index in [2.05, 4.69) is 29.6 Å². The zero-order valence-electron chi connectivity index (χ0n) is 21.3. The number of benzene rings is 1. The van der Waals surface area contributed by atoms with Crippen LogP contribution in [-0.4, -0.2) is 54.3 Å². The Morgan fingerprint density at radius 1 is 0.970 bits per heavy atom. The largest absolute Gasteiger partial charge is 0.460 e. The highest BCUT2D eigenvalue weighted by Crippen LogP contribution is 2.31. The maximum Gasteiger partial charge on any atom is 0.410 e. The monoisotopic (exact) mass is 458 g/mol. The molecule has 33 heavy (non-hydrogen) atoms. The number of likely N-dealkylation sites (tertiary alicyclic amines) is 1. The quantitative estimate of drug-likeness (QED) is 0.635. The Morgan fingerprint density at radius 3 is 2.15 bits per heavy atom. The number of carbonyl (C=O) groups excluding carboxylic acids is 2. The molecule has 0 aliphatic carbocycles. The summed E-state index contributed by atoms with van der Waals surface area (Å²) in [6.07, 6.45) is 3.43. The van der Waals surface area contributed by atoms with Crippen LogP contribution in [0.25, 0.3) is 0 Å². The van der Waals surface area contributed by atoms with Crippen molar-refractivity contribution in [3.63, 3.8) is 0 Å². The molecule has 2 fully saturated rings. The lowest BCUT2D eigenvalue weighted by Gasteiger charge is -2.28. The van der Waals surface area contributed by atoms with Crippen LogP contribution in [0.5, 0.6) is 0 Å². The molecule has 0 radical (unpaired) electrons. The lowest BCUT2D eigenvalue weighted by Crippen LogP contribution is -2.38. The van der Waals surface area contributed by atoms with E-state index in [1.54, 1.807) is 4.90 Å². The molecule has 0 aromatic heterocycles. The Labute approximate surface area is 199 Å². The topological polar surface area (TPSA) is 67.9 Å². The van der Waals surface area contributed by atoms with Crippen LogP contribution < -0.4 is 5.32 Å². The van der Waals surface area contributed by atoms with Crippen LogP contribution in [0.1, 0.15) is 77.8 Å². The van der Waals surface area contributed by atoms with Gasteiger partial charge in [0.2, 0.25) is 0 Å². The fraction of sp³-hybridized carbons (Fsp3) is 0.704. The minimum atomic E-state index is -0.544. The number of piperidine rings is 1. The van der Waals surface area contributed by atoms with Gasteiger partial charge in [-0.2, -0.15) is 0 Å². The average Bonchev–Trinajstić information content (AvgIpc) is 3.21. The summed E-state index contributed by atoms with van der Waals surface area (Å²) in [5, 5.41) is 3.42. The Kier molecular flexibility index (Phi) is 8.09. The van der Waals surface area contributed by atoms with E-state index < -0.39 is 11.2 Å². The zero-order valence-corrected chi connectivity index (χ0v) is 21.3. The second kappa shape index (κ2) is 10.5. The van der Waals surface area contributed by atoms with Gasteiger partial charge >= 0.3 is 12.1 Å². The van der Waals surface area contributed by atoms with Gasteiger partial charge in [-0.3, -0.25) is 4.79 Å². The number of amides is 1. The van der Waals surface area contributed by atoms with Crippen LogP contribution in [0.4, 0.5) is 4.79 Å². The molecule has 6 nitrogen and oxygen atoms in total. The standard InChI is InChI=1S/C27H42N2O4/c1-26(2,3)32-24(30)23(22-13-16-29(18-22)25(31)33-27(4,5)6)17-19-7-9-20(10-8-19)21-11-14-28-15-12-21/h7-10,21-23,28H,11-18H2,1-6H3/t22-,23-/m0/s1. The Bertz CT molecular complexity index is 801. The minimum Gasteiger partial charge on any atom is -0.460 e. The molecule has 0 bridgehead atoms. The number of carbonyl (C=O) groups is 2. The molecule has 2 atom stereocenters. The van der Waals surface area contributed by atoms with E-state index >= 15 is 0 Å². The third kappa shape index (κ3) is 7.73. The van der Waals surface area contributed by atoms with Crippen LogP contribution in [0.3, 0.4) is 0 Å². The summed E-state index contributed by atoms with van der Waals surface area (Å²) in [5.74, 6) is 0.193. The van der Waals surface area contributed by atoms with Crippen LogP contribution in [0.15, 0.2) is 24.3 Å². The first-order valence-corrected chi connectivity index (χ1v) is 12.4. The van der Waals surface area contributed by atoms with Crippen molar-refractivity contribution in [1.29, 1.82) is 0 Å². The second-order valence-electron chi connectivity index (χ2n) is 11.6. The average molecular weight is 459 g/mol. The van der Waals surface area contributed by atoms with Gasteiger partial charge in [0.25, 0.3) is 0 Å². The van der Waals surface area contributed by atoms with Gasteiger partial charge < -0.3 is 19.7 Å². The summed E-state index contributed by atoms with van der Waals surface area (Å²) in [6.45, 7) is 14.6. The van der Waals surface area contributed by atoms with Crippen molar-refractivity contribution in [2.24, 2.45) is 11.8 Å². The maximum atomic E-state index is 13.2. The number of esters is 1. The highest BCUT2D eigenvalue weighted by Gasteiger charge is 2.39. The van der Waals surface area contributed by atoms with E-state index in [1.165, 1.54) is 18.4 Å². The van der Waals surface area contributed by atoms with Crippen molar-refractivity contribution in [2.75, 3.05) is 26.2 Å². The summed E-state index contributed by atoms with van der Waals surface area (Å²) in [6, 6.07) is 8.77. The molecule has 2 saturated heterocycles. The normalized spacial score (nSPS) is 21.0. The predicted octanol–water partition coefficient (Wildman–Crippen LogP) is 4.91. The van der Waals surface area contributed by atoms with E-state index in [0.29, 0.717) is 25.4 Å². The molecule has 1 amide bonds. The number of nitrogens with one attached hydrogen (secondary N) is 1. The van der Waals surface area contributed by atoms with Crippen LogP contribution in [0.2, 0.25) is 0 Å². The molecule has 184 valence electrons. The number of hydrogen-bond acceptors (Lipinski definition) is 5. The first-order valence-electron chi connectivity index (χ1n) is 12.4. The van der Waals surface area contributed by atoms with Crippen molar-refractivity contribution in [3.8, 4) is 0 Å². The van der Waals surface area contributed by atoms with Crippen molar-refractivity contribution in [2.45, 2.75) is 84.3 Å². The SMILES string of the molecule is CC(C)(C)OC(=O)[C@@H](Cc1ccc(C2CCNCC2)cc1)[C@H]1CCN(C(=O)OC(C)(C)C)C1. The Hall–Kier alpha value is -2.08. The predicted molar refractivity (Wildman–Crippen MR) is 130 cm³/mol. The molecule has 3 rings (SSSR count). The third-order valence-electron chi connectivity index (χ3n) is 6.40. The molecular weight excluding hydrogens is 416 g/mol. The number of nitrogens with zero attached hydrogens (tertiary/aromatic N) is 1. The van der Waals surface area contributed by atoms with E-state index in [9.17, 15) is 9.59 Å². The summed E-state index contributed by atoms with van der Waals surface area (Å²) in [5.41, 5.74) is 1.44. The number of hydrogen-bond donors (Lipinski definition) is 1. The van der Waals surface area contributed by atoms with E-state index in [1.807, 2.05) is 41.5 Å². The van der Waals surface area contributed by atoms with Gasteiger partial charge in [0.15, 0.2) is 0 Å². The fourth-order valence-corrected chi connectivity index (χ4v) is 4.76. The second-order valence-corrected chi connectivity index (χ2v) is 11.6. The zero-order chi connectivity index (χ0) is 24.2. The lowest BCUT2D eigenvalue weighted by atomic mass is 9.84. The first-order chi connectivity index (χ1) is 15.4. The fourth-order valence-electron chi connectivity index (χ4n) is 4.76. The van der Waals surface area contributed by atoms with Crippen LogP contribution in [-0.2, 0) is 20.7 Å². The maximum absolute atomic E-state index is 13.2. The first kappa shape index (κ1) is 25.5. The molecule has 1 N–H and O–H groups in total. The van der Waals surface area contributed by atoms with E-state index in [0.717, 1.165) is 25.1 Å².